The summed E-state index contributed by atoms with van der Waals surface area (Å²) >= 11 is 0. The molecular formula is C20H22N4O5. The van der Waals surface area contributed by atoms with Crippen LogP contribution in [0.3, 0.4) is 0 Å². The summed E-state index contributed by atoms with van der Waals surface area (Å²) in [5.74, 6) is -0.936. The van der Waals surface area contributed by atoms with E-state index >= 15 is 0 Å². The van der Waals surface area contributed by atoms with Crippen molar-refractivity contribution in [3.63, 3.8) is 0 Å². The lowest BCUT2D eigenvalue weighted by molar-refractivity contribution is -0.142. The van der Waals surface area contributed by atoms with E-state index in [1.807, 2.05) is 24.3 Å². The molecular weight excluding hydrogens is 376 g/mol. The lowest BCUT2D eigenvalue weighted by Crippen LogP contribution is -2.53. The van der Waals surface area contributed by atoms with Crippen LogP contribution in [0.1, 0.15) is 18.4 Å². The lowest BCUT2D eigenvalue weighted by Gasteiger charge is -2.34. The van der Waals surface area contributed by atoms with Crippen LogP contribution in [0.5, 0.6) is 0 Å². The van der Waals surface area contributed by atoms with Gasteiger partial charge in [-0.05, 0) is 29.7 Å². The second-order valence-corrected chi connectivity index (χ2v) is 7.41. The summed E-state index contributed by atoms with van der Waals surface area (Å²) < 4.78 is 0. The van der Waals surface area contributed by atoms with Crippen molar-refractivity contribution in [2.75, 3.05) is 37.6 Å². The Labute approximate surface area is 167 Å². The molecule has 1 atom stereocenters. The van der Waals surface area contributed by atoms with E-state index in [1.54, 1.807) is 6.08 Å². The molecule has 0 bridgehead atoms. The van der Waals surface area contributed by atoms with Gasteiger partial charge in [0.2, 0.25) is 17.7 Å². The predicted octanol–water partition coefficient (Wildman–Crippen LogP) is 0.517. The Balaban J connectivity index is 1.40. The molecule has 1 aromatic carbocycles. The van der Waals surface area contributed by atoms with Crippen molar-refractivity contribution >= 4 is 35.1 Å². The lowest BCUT2D eigenvalue weighted by atomic mass is 10.0. The number of rotatable bonds is 3. The maximum absolute atomic E-state index is 12.4. The average Bonchev–Trinajstić information content (AvgIpc) is 3.09. The zero-order valence-corrected chi connectivity index (χ0v) is 15.8. The minimum atomic E-state index is -0.890. The number of amides is 4. The van der Waals surface area contributed by atoms with Crippen LogP contribution in [0.25, 0.3) is 5.57 Å². The summed E-state index contributed by atoms with van der Waals surface area (Å²) in [4.78, 5) is 51.9. The Morgan fingerprint density at radius 3 is 2.34 bits per heavy atom. The van der Waals surface area contributed by atoms with E-state index < -0.39 is 18.0 Å². The molecule has 0 saturated carbocycles. The first kappa shape index (κ1) is 19.0. The number of nitrogens with one attached hydrogen (secondary N) is 1. The van der Waals surface area contributed by atoms with E-state index in [4.69, 9.17) is 5.11 Å². The highest BCUT2D eigenvalue weighted by Gasteiger charge is 2.36. The summed E-state index contributed by atoms with van der Waals surface area (Å²) in [6.45, 7) is 2.54. The first-order valence-corrected chi connectivity index (χ1v) is 9.60. The standard InChI is InChI=1S/C20H22N4O5/c25-17-6-5-16(19(27)21-17)24-12-14(11-18(24)26)13-1-3-15(4-2-13)22-7-9-23(10-8-22)20(28)29/h1-4,11,16H,5-10,12H2,(H,28,29)(H,21,25,27). The van der Waals surface area contributed by atoms with Crippen LogP contribution < -0.4 is 10.2 Å². The van der Waals surface area contributed by atoms with Gasteiger partial charge < -0.3 is 19.8 Å². The van der Waals surface area contributed by atoms with Gasteiger partial charge in [0.05, 0.1) is 0 Å². The Bertz CT molecular complexity index is 887. The highest BCUT2D eigenvalue weighted by atomic mass is 16.4. The normalized spacial score (nSPS) is 22.6. The summed E-state index contributed by atoms with van der Waals surface area (Å²) in [6.07, 6.45) is 1.24. The number of piperazine rings is 1. The third-order valence-electron chi connectivity index (χ3n) is 5.66. The van der Waals surface area contributed by atoms with E-state index in [1.165, 1.54) is 9.80 Å². The van der Waals surface area contributed by atoms with Gasteiger partial charge in [-0.15, -0.1) is 0 Å². The van der Waals surface area contributed by atoms with Gasteiger partial charge in [-0.3, -0.25) is 19.7 Å². The van der Waals surface area contributed by atoms with Gasteiger partial charge in [-0.25, -0.2) is 4.79 Å². The smallest absolute Gasteiger partial charge is 0.407 e. The number of imide groups is 1. The minimum Gasteiger partial charge on any atom is -0.465 e. The topological polar surface area (TPSA) is 110 Å². The fourth-order valence-electron chi connectivity index (χ4n) is 4.00. The molecule has 2 N–H and O–H groups in total. The summed E-state index contributed by atoms with van der Waals surface area (Å²) in [5.41, 5.74) is 2.74. The van der Waals surface area contributed by atoms with E-state index in [9.17, 15) is 19.2 Å². The van der Waals surface area contributed by atoms with Crippen LogP contribution >= 0.6 is 0 Å². The monoisotopic (exact) mass is 398 g/mol. The molecule has 4 amide bonds. The average molecular weight is 398 g/mol. The number of carbonyl (C=O) groups is 4. The second-order valence-electron chi connectivity index (χ2n) is 7.41. The highest BCUT2D eigenvalue weighted by molar-refractivity contribution is 6.06. The van der Waals surface area contributed by atoms with Crippen LogP contribution in [0.4, 0.5) is 10.5 Å². The molecule has 1 unspecified atom stereocenters. The zero-order valence-electron chi connectivity index (χ0n) is 15.8. The van der Waals surface area contributed by atoms with Crippen LogP contribution in [0.2, 0.25) is 0 Å². The van der Waals surface area contributed by atoms with E-state index in [2.05, 4.69) is 10.2 Å². The maximum atomic E-state index is 12.4. The van der Waals surface area contributed by atoms with Gasteiger partial charge in [-0.2, -0.15) is 0 Å². The summed E-state index contributed by atoms with van der Waals surface area (Å²) in [6, 6.07) is 7.19. The van der Waals surface area contributed by atoms with Crippen LogP contribution in [-0.2, 0) is 14.4 Å². The molecule has 2 fully saturated rings. The Kier molecular flexibility index (Phi) is 4.96. The Hall–Kier alpha value is -3.36. The van der Waals surface area contributed by atoms with Gasteiger partial charge in [0, 0.05) is 50.9 Å². The first-order chi connectivity index (χ1) is 13.9. The van der Waals surface area contributed by atoms with Gasteiger partial charge in [0.15, 0.2) is 0 Å². The third-order valence-corrected chi connectivity index (χ3v) is 5.66. The molecule has 0 aliphatic carbocycles. The third kappa shape index (κ3) is 3.80. The van der Waals surface area contributed by atoms with Crippen molar-refractivity contribution < 1.29 is 24.3 Å². The number of carbonyl (C=O) groups excluding carboxylic acids is 3. The number of carboxylic acid groups (broad SMARTS) is 1. The van der Waals surface area contributed by atoms with Crippen molar-refractivity contribution in [1.82, 2.24) is 15.1 Å². The van der Waals surface area contributed by atoms with Crippen molar-refractivity contribution in [3.05, 3.63) is 35.9 Å². The second kappa shape index (κ2) is 7.57. The van der Waals surface area contributed by atoms with E-state index in [-0.39, 0.29) is 18.2 Å². The van der Waals surface area contributed by atoms with E-state index in [0.29, 0.717) is 39.1 Å². The first-order valence-electron chi connectivity index (χ1n) is 9.60. The van der Waals surface area contributed by atoms with Crippen LogP contribution in [0, 0.1) is 0 Å². The minimum absolute atomic E-state index is 0.219. The van der Waals surface area contributed by atoms with Crippen molar-refractivity contribution in [2.24, 2.45) is 0 Å². The summed E-state index contributed by atoms with van der Waals surface area (Å²) in [7, 11) is 0. The fraction of sp³-hybridized carbons (Fsp3) is 0.400. The quantitative estimate of drug-likeness (QED) is 0.719. The maximum Gasteiger partial charge on any atom is 0.407 e. The zero-order chi connectivity index (χ0) is 20.5. The number of anilines is 1. The van der Waals surface area contributed by atoms with Gasteiger partial charge in [-0.1, -0.05) is 12.1 Å². The molecule has 1 aromatic rings. The molecule has 0 spiro atoms. The SMILES string of the molecule is O=C1CCC(N2CC(c3ccc(N4CCN(C(=O)O)CC4)cc3)=CC2=O)C(=O)N1. The molecule has 0 radical (unpaired) electrons. The van der Waals surface area contributed by atoms with Gasteiger partial charge in [0.1, 0.15) is 6.04 Å². The molecule has 3 aliphatic heterocycles. The van der Waals surface area contributed by atoms with E-state index in [0.717, 1.165) is 16.8 Å². The van der Waals surface area contributed by atoms with Crippen LogP contribution in [0.15, 0.2) is 30.3 Å². The number of hydrogen-bond acceptors (Lipinski definition) is 5. The molecule has 3 aliphatic rings. The molecule has 2 saturated heterocycles. The van der Waals surface area contributed by atoms with Gasteiger partial charge in [0.25, 0.3) is 0 Å². The number of nitrogens with zero attached hydrogens (tertiary/aromatic N) is 3. The number of piperidine rings is 1. The molecule has 4 rings (SSSR count). The molecule has 152 valence electrons. The fourth-order valence-corrected chi connectivity index (χ4v) is 4.00. The van der Waals surface area contributed by atoms with Crippen molar-refractivity contribution in [3.8, 4) is 0 Å². The number of hydrogen-bond donors (Lipinski definition) is 2. The molecule has 29 heavy (non-hydrogen) atoms. The summed E-state index contributed by atoms with van der Waals surface area (Å²) in [5, 5.41) is 11.3. The molecule has 3 heterocycles. The number of benzene rings is 1. The molecule has 0 aromatic heterocycles. The Morgan fingerprint density at radius 2 is 1.72 bits per heavy atom. The molecule has 9 nitrogen and oxygen atoms in total. The van der Waals surface area contributed by atoms with Gasteiger partial charge >= 0.3 is 6.09 Å². The van der Waals surface area contributed by atoms with Crippen molar-refractivity contribution in [2.45, 2.75) is 18.9 Å². The largest absolute Gasteiger partial charge is 0.465 e. The van der Waals surface area contributed by atoms with Crippen molar-refractivity contribution in [1.29, 1.82) is 0 Å². The Morgan fingerprint density at radius 1 is 1.03 bits per heavy atom. The predicted molar refractivity (Wildman–Crippen MR) is 104 cm³/mol. The molecule has 9 heteroatoms. The highest BCUT2D eigenvalue weighted by Crippen LogP contribution is 2.27. The van der Waals surface area contributed by atoms with Crippen LogP contribution in [-0.4, -0.2) is 77.5 Å².